The first-order chi connectivity index (χ1) is 9.02. The molecule has 0 aromatic carbocycles. The Hall–Kier alpha value is -0.960. The molecule has 1 N–H and O–H groups in total. The van der Waals surface area contributed by atoms with Crippen LogP contribution < -0.4 is 5.32 Å². The van der Waals surface area contributed by atoms with Crippen molar-refractivity contribution >= 4 is 0 Å². The molecule has 1 aliphatic rings. The lowest BCUT2D eigenvalue weighted by Crippen LogP contribution is -2.42. The molecule has 0 aliphatic heterocycles. The Balaban J connectivity index is 2.22. The summed E-state index contributed by atoms with van der Waals surface area (Å²) in [6.07, 6.45) is 7.63. The molecule has 19 heavy (non-hydrogen) atoms. The number of aryl methyl sites for hydroxylation is 1. The maximum atomic E-state index is 4.58. The van der Waals surface area contributed by atoms with Gasteiger partial charge in [0, 0.05) is 23.9 Å². The Labute approximate surface area is 117 Å². The summed E-state index contributed by atoms with van der Waals surface area (Å²) >= 11 is 0. The van der Waals surface area contributed by atoms with Crippen LogP contribution in [0.2, 0.25) is 0 Å². The van der Waals surface area contributed by atoms with E-state index in [2.05, 4.69) is 43.0 Å². The molecule has 0 saturated heterocycles. The quantitative estimate of drug-likeness (QED) is 0.905. The van der Waals surface area contributed by atoms with Gasteiger partial charge in [0.1, 0.15) is 6.33 Å². The number of nitrogens with one attached hydrogen (secondary N) is 1. The third-order valence-corrected chi connectivity index (χ3v) is 4.11. The minimum absolute atomic E-state index is 0.252. The molecule has 1 heterocycles. The molecule has 106 valence electrons. The highest BCUT2D eigenvalue weighted by molar-refractivity contribution is 5.28. The van der Waals surface area contributed by atoms with Crippen LogP contribution in [0.3, 0.4) is 0 Å². The number of rotatable bonds is 4. The molecule has 3 heteroatoms. The molecule has 1 unspecified atom stereocenters. The van der Waals surface area contributed by atoms with Gasteiger partial charge in [0.25, 0.3) is 0 Å². The van der Waals surface area contributed by atoms with E-state index in [9.17, 15) is 0 Å². The average Bonchev–Trinajstić information content (AvgIpc) is 2.37. The van der Waals surface area contributed by atoms with Crippen molar-refractivity contribution in [1.82, 2.24) is 15.3 Å². The summed E-state index contributed by atoms with van der Waals surface area (Å²) in [4.78, 5) is 9.04. The van der Waals surface area contributed by atoms with Crippen molar-refractivity contribution in [2.75, 3.05) is 6.54 Å². The zero-order valence-electron chi connectivity index (χ0n) is 12.8. The van der Waals surface area contributed by atoms with Crippen LogP contribution in [0.4, 0.5) is 0 Å². The molecule has 1 aliphatic carbocycles. The maximum absolute atomic E-state index is 4.58. The number of aromatic nitrogens is 2. The monoisotopic (exact) mass is 261 g/mol. The second kappa shape index (κ2) is 6.00. The van der Waals surface area contributed by atoms with Gasteiger partial charge in [-0.25, -0.2) is 9.97 Å². The minimum atomic E-state index is 0.252. The van der Waals surface area contributed by atoms with Crippen molar-refractivity contribution in [2.24, 2.45) is 5.41 Å². The van der Waals surface area contributed by atoms with Crippen molar-refractivity contribution in [2.45, 2.75) is 65.8 Å². The Morgan fingerprint density at radius 2 is 1.95 bits per heavy atom. The third-order valence-electron chi connectivity index (χ3n) is 4.11. The lowest BCUT2D eigenvalue weighted by Gasteiger charge is -2.32. The van der Waals surface area contributed by atoms with E-state index >= 15 is 0 Å². The summed E-state index contributed by atoms with van der Waals surface area (Å²) in [6, 6.07) is 0.471. The number of nitrogens with zero attached hydrogens (tertiary/aromatic N) is 2. The van der Waals surface area contributed by atoms with Crippen molar-refractivity contribution < 1.29 is 0 Å². The van der Waals surface area contributed by atoms with E-state index in [1.165, 1.54) is 29.8 Å². The van der Waals surface area contributed by atoms with Crippen LogP contribution in [0.25, 0.3) is 0 Å². The Morgan fingerprint density at radius 3 is 2.63 bits per heavy atom. The fraction of sp³-hybridized carbons (Fsp3) is 0.750. The Morgan fingerprint density at radius 1 is 1.21 bits per heavy atom. The molecular weight excluding hydrogens is 234 g/mol. The van der Waals surface area contributed by atoms with E-state index in [4.69, 9.17) is 0 Å². The summed E-state index contributed by atoms with van der Waals surface area (Å²) in [5.74, 6) is 0. The number of fused-ring (bicyclic) bond motifs is 1. The first-order valence-corrected chi connectivity index (χ1v) is 7.57. The highest BCUT2D eigenvalue weighted by Gasteiger charge is 2.26. The SMILES string of the molecule is CCNC(Cc1ncnc2c1CCCC2)C(C)(C)C. The molecule has 0 spiro atoms. The van der Waals surface area contributed by atoms with Gasteiger partial charge in [-0.3, -0.25) is 0 Å². The van der Waals surface area contributed by atoms with Crippen molar-refractivity contribution in [1.29, 1.82) is 0 Å². The lowest BCUT2D eigenvalue weighted by molar-refractivity contribution is 0.268. The average molecular weight is 261 g/mol. The largest absolute Gasteiger partial charge is 0.313 e. The topological polar surface area (TPSA) is 37.8 Å². The first kappa shape index (κ1) is 14.4. The highest BCUT2D eigenvalue weighted by atomic mass is 14.9. The van der Waals surface area contributed by atoms with Crippen molar-refractivity contribution in [3.63, 3.8) is 0 Å². The van der Waals surface area contributed by atoms with Crippen LogP contribution >= 0.6 is 0 Å². The van der Waals surface area contributed by atoms with Gasteiger partial charge in [0.15, 0.2) is 0 Å². The summed E-state index contributed by atoms with van der Waals surface area (Å²) in [6.45, 7) is 10.1. The summed E-state index contributed by atoms with van der Waals surface area (Å²) in [5.41, 5.74) is 4.24. The van der Waals surface area contributed by atoms with Gasteiger partial charge in [-0.2, -0.15) is 0 Å². The van der Waals surface area contributed by atoms with Gasteiger partial charge in [-0.1, -0.05) is 27.7 Å². The highest BCUT2D eigenvalue weighted by Crippen LogP contribution is 2.26. The van der Waals surface area contributed by atoms with E-state index < -0.39 is 0 Å². The summed E-state index contributed by atoms with van der Waals surface area (Å²) in [7, 11) is 0. The Kier molecular flexibility index (Phi) is 4.56. The smallest absolute Gasteiger partial charge is 0.115 e. The zero-order chi connectivity index (χ0) is 13.9. The third kappa shape index (κ3) is 3.53. The van der Waals surface area contributed by atoms with Gasteiger partial charge in [-0.05, 0) is 43.2 Å². The minimum Gasteiger partial charge on any atom is -0.313 e. The molecule has 0 saturated carbocycles. The van der Waals surface area contributed by atoms with Crippen LogP contribution in [0.15, 0.2) is 6.33 Å². The van der Waals surface area contributed by atoms with E-state index in [0.29, 0.717) is 6.04 Å². The van der Waals surface area contributed by atoms with Gasteiger partial charge in [-0.15, -0.1) is 0 Å². The molecule has 0 fully saturated rings. The van der Waals surface area contributed by atoms with Gasteiger partial charge in [0.05, 0.1) is 0 Å². The van der Waals surface area contributed by atoms with Crippen LogP contribution in [-0.2, 0) is 19.3 Å². The van der Waals surface area contributed by atoms with Crippen LogP contribution in [0.5, 0.6) is 0 Å². The molecule has 1 aromatic rings. The molecule has 1 aromatic heterocycles. The van der Waals surface area contributed by atoms with E-state index in [1.54, 1.807) is 6.33 Å². The van der Waals surface area contributed by atoms with Crippen molar-refractivity contribution in [3.8, 4) is 0 Å². The van der Waals surface area contributed by atoms with Crippen LogP contribution in [0.1, 0.15) is 57.5 Å². The second-order valence-electron chi connectivity index (χ2n) is 6.63. The molecule has 3 nitrogen and oxygen atoms in total. The van der Waals surface area contributed by atoms with E-state index in [0.717, 1.165) is 25.8 Å². The second-order valence-corrected chi connectivity index (χ2v) is 6.63. The summed E-state index contributed by atoms with van der Waals surface area (Å²) < 4.78 is 0. The van der Waals surface area contributed by atoms with Crippen LogP contribution in [0, 0.1) is 5.41 Å². The van der Waals surface area contributed by atoms with E-state index in [-0.39, 0.29) is 5.41 Å². The molecule has 0 bridgehead atoms. The van der Waals surface area contributed by atoms with E-state index in [1.807, 2.05) is 0 Å². The van der Waals surface area contributed by atoms with Gasteiger partial charge < -0.3 is 5.32 Å². The van der Waals surface area contributed by atoms with Crippen molar-refractivity contribution in [3.05, 3.63) is 23.3 Å². The summed E-state index contributed by atoms with van der Waals surface area (Å²) in [5, 5.41) is 3.62. The van der Waals surface area contributed by atoms with Crippen LogP contribution in [-0.4, -0.2) is 22.6 Å². The van der Waals surface area contributed by atoms with Gasteiger partial charge in [0.2, 0.25) is 0 Å². The number of hydrogen-bond acceptors (Lipinski definition) is 3. The lowest BCUT2D eigenvalue weighted by atomic mass is 9.82. The van der Waals surface area contributed by atoms with Gasteiger partial charge >= 0.3 is 0 Å². The molecule has 2 rings (SSSR count). The maximum Gasteiger partial charge on any atom is 0.115 e. The molecular formula is C16H27N3. The predicted octanol–water partition coefficient (Wildman–Crippen LogP) is 2.92. The Bertz CT molecular complexity index is 420. The molecule has 0 amide bonds. The predicted molar refractivity (Wildman–Crippen MR) is 79.3 cm³/mol. The molecule has 0 radical (unpaired) electrons. The first-order valence-electron chi connectivity index (χ1n) is 7.57. The standard InChI is InChI=1S/C16H27N3/c1-5-17-15(16(2,3)4)10-14-12-8-6-7-9-13(12)18-11-19-14/h11,15,17H,5-10H2,1-4H3. The number of likely N-dealkylation sites (N-methyl/N-ethyl adjacent to an activating group) is 1. The fourth-order valence-corrected chi connectivity index (χ4v) is 2.89. The normalized spacial score (nSPS) is 17.1. The number of hydrogen-bond donors (Lipinski definition) is 1. The molecule has 1 atom stereocenters. The zero-order valence-corrected chi connectivity index (χ0v) is 12.8. The fourth-order valence-electron chi connectivity index (χ4n) is 2.89.